The van der Waals surface area contributed by atoms with Gasteiger partial charge in [-0.05, 0) is 12.3 Å². The highest BCUT2D eigenvalue weighted by Gasteiger charge is 2.18. The average Bonchev–Trinajstić information content (AvgIpc) is 2.22. The molecular formula is C11H13ClN2O2. The topological polar surface area (TPSA) is 52.1 Å². The third kappa shape index (κ3) is 2.92. The fourth-order valence-electron chi connectivity index (χ4n) is 1.59. The van der Waals surface area contributed by atoms with Gasteiger partial charge in [0, 0.05) is 0 Å². The molecule has 1 aliphatic carbocycles. The van der Waals surface area contributed by atoms with Crippen LogP contribution in [-0.4, -0.2) is 22.5 Å². The van der Waals surface area contributed by atoms with Gasteiger partial charge in [0.1, 0.15) is 5.15 Å². The molecule has 5 heteroatoms. The van der Waals surface area contributed by atoms with Crippen LogP contribution in [0, 0.1) is 5.92 Å². The highest BCUT2D eigenvalue weighted by atomic mass is 35.5. The Morgan fingerprint density at radius 1 is 1.44 bits per heavy atom. The number of hydrogen-bond acceptors (Lipinski definition) is 4. The van der Waals surface area contributed by atoms with Crippen molar-refractivity contribution in [2.75, 3.05) is 6.61 Å². The first-order valence-corrected chi connectivity index (χ1v) is 5.78. The Morgan fingerprint density at radius 3 is 2.81 bits per heavy atom. The maximum Gasteiger partial charge on any atom is 0.358 e. The lowest BCUT2D eigenvalue weighted by atomic mass is 9.83. The van der Waals surface area contributed by atoms with Gasteiger partial charge < -0.3 is 4.74 Å². The third-order valence-electron chi connectivity index (χ3n) is 2.81. The molecule has 0 spiro atoms. The predicted octanol–water partition coefficient (Wildman–Crippen LogP) is 2.48. The molecule has 86 valence electrons. The molecule has 1 aliphatic rings. The summed E-state index contributed by atoms with van der Waals surface area (Å²) in [4.78, 5) is 19.1. The molecule has 0 atom stereocenters. The van der Waals surface area contributed by atoms with Gasteiger partial charge in [-0.25, -0.2) is 14.8 Å². The number of hydrogen-bond donors (Lipinski definition) is 0. The SMILES string of the molecule is O=C(OCCC1CCC1)c1cnc(Cl)cn1. The normalized spacial score (nSPS) is 15.6. The summed E-state index contributed by atoms with van der Waals surface area (Å²) >= 11 is 5.56. The summed E-state index contributed by atoms with van der Waals surface area (Å²) in [5, 5.41) is 0.269. The van der Waals surface area contributed by atoms with E-state index in [1.165, 1.54) is 31.7 Å². The van der Waals surface area contributed by atoms with Crippen molar-refractivity contribution in [2.45, 2.75) is 25.7 Å². The standard InChI is InChI=1S/C11H13ClN2O2/c12-10-7-13-9(6-14-10)11(15)16-5-4-8-2-1-3-8/h6-8H,1-5H2. The predicted molar refractivity (Wildman–Crippen MR) is 59.3 cm³/mol. The van der Waals surface area contributed by atoms with E-state index >= 15 is 0 Å². The first kappa shape index (κ1) is 11.3. The van der Waals surface area contributed by atoms with E-state index in [1.54, 1.807) is 0 Å². The van der Waals surface area contributed by atoms with Gasteiger partial charge in [0.15, 0.2) is 5.69 Å². The molecule has 0 aromatic carbocycles. The quantitative estimate of drug-likeness (QED) is 0.759. The lowest BCUT2D eigenvalue weighted by Gasteiger charge is -2.24. The van der Waals surface area contributed by atoms with E-state index in [-0.39, 0.29) is 10.8 Å². The molecule has 1 heterocycles. The van der Waals surface area contributed by atoms with Crippen molar-refractivity contribution in [2.24, 2.45) is 5.92 Å². The van der Waals surface area contributed by atoms with Crippen LogP contribution in [0.3, 0.4) is 0 Å². The molecule has 2 rings (SSSR count). The number of aromatic nitrogens is 2. The Morgan fingerprint density at radius 2 is 2.25 bits per heavy atom. The molecule has 0 aliphatic heterocycles. The molecule has 1 aromatic heterocycles. The van der Waals surface area contributed by atoms with Crippen LogP contribution in [0.4, 0.5) is 0 Å². The van der Waals surface area contributed by atoms with E-state index in [0.29, 0.717) is 6.61 Å². The fraction of sp³-hybridized carbons (Fsp3) is 0.545. The summed E-state index contributed by atoms with van der Waals surface area (Å²) in [6, 6.07) is 0. The lowest BCUT2D eigenvalue weighted by molar-refractivity contribution is 0.0457. The van der Waals surface area contributed by atoms with Crippen molar-refractivity contribution in [1.29, 1.82) is 0 Å². The minimum Gasteiger partial charge on any atom is -0.461 e. The van der Waals surface area contributed by atoms with Crippen LogP contribution in [0.25, 0.3) is 0 Å². The van der Waals surface area contributed by atoms with Gasteiger partial charge in [-0.15, -0.1) is 0 Å². The molecule has 1 saturated carbocycles. The van der Waals surface area contributed by atoms with E-state index in [2.05, 4.69) is 9.97 Å². The van der Waals surface area contributed by atoms with Crippen LogP contribution in [0.1, 0.15) is 36.2 Å². The van der Waals surface area contributed by atoms with Crippen molar-refractivity contribution < 1.29 is 9.53 Å². The molecule has 0 bridgehead atoms. The van der Waals surface area contributed by atoms with Gasteiger partial charge in [0.25, 0.3) is 0 Å². The Bertz CT molecular complexity index is 363. The lowest BCUT2D eigenvalue weighted by Crippen LogP contribution is -2.16. The minimum absolute atomic E-state index is 0.206. The number of carbonyl (C=O) groups is 1. The van der Waals surface area contributed by atoms with E-state index in [4.69, 9.17) is 16.3 Å². The molecule has 0 amide bonds. The van der Waals surface area contributed by atoms with Crippen LogP contribution in [0.15, 0.2) is 12.4 Å². The molecule has 16 heavy (non-hydrogen) atoms. The van der Waals surface area contributed by atoms with E-state index in [1.807, 2.05) is 0 Å². The van der Waals surface area contributed by atoms with E-state index in [0.717, 1.165) is 12.3 Å². The minimum atomic E-state index is -0.427. The van der Waals surface area contributed by atoms with Gasteiger partial charge in [-0.1, -0.05) is 30.9 Å². The summed E-state index contributed by atoms with van der Waals surface area (Å²) in [5.74, 6) is 0.313. The second-order valence-electron chi connectivity index (χ2n) is 3.95. The summed E-state index contributed by atoms with van der Waals surface area (Å²) in [6.07, 6.45) is 7.45. The summed E-state index contributed by atoms with van der Waals surface area (Å²) in [6.45, 7) is 0.466. The van der Waals surface area contributed by atoms with Gasteiger partial charge in [0.05, 0.1) is 19.0 Å². The highest BCUT2D eigenvalue weighted by Crippen LogP contribution is 2.29. The van der Waals surface area contributed by atoms with Gasteiger partial charge in [-0.2, -0.15) is 0 Å². The summed E-state index contributed by atoms with van der Waals surface area (Å²) in [7, 11) is 0. The first-order chi connectivity index (χ1) is 7.75. The number of rotatable bonds is 4. The Labute approximate surface area is 99.0 Å². The number of esters is 1. The average molecular weight is 241 g/mol. The molecule has 0 radical (unpaired) electrons. The number of carbonyl (C=O) groups excluding carboxylic acids is 1. The fourth-order valence-corrected chi connectivity index (χ4v) is 1.69. The number of ether oxygens (including phenoxy) is 1. The smallest absolute Gasteiger partial charge is 0.358 e. The van der Waals surface area contributed by atoms with Crippen LogP contribution >= 0.6 is 11.6 Å². The second-order valence-corrected chi connectivity index (χ2v) is 4.33. The Kier molecular flexibility index (Phi) is 3.72. The summed E-state index contributed by atoms with van der Waals surface area (Å²) < 4.78 is 5.09. The highest BCUT2D eigenvalue weighted by molar-refractivity contribution is 6.29. The Balaban J connectivity index is 1.76. The third-order valence-corrected chi connectivity index (χ3v) is 3.01. The van der Waals surface area contributed by atoms with Crippen LogP contribution in [0.5, 0.6) is 0 Å². The van der Waals surface area contributed by atoms with Gasteiger partial charge >= 0.3 is 5.97 Å². The van der Waals surface area contributed by atoms with Crippen molar-refractivity contribution in [1.82, 2.24) is 9.97 Å². The molecule has 1 aromatic rings. The van der Waals surface area contributed by atoms with Crippen LogP contribution in [-0.2, 0) is 4.74 Å². The largest absolute Gasteiger partial charge is 0.461 e. The van der Waals surface area contributed by atoms with Crippen molar-refractivity contribution in [3.8, 4) is 0 Å². The van der Waals surface area contributed by atoms with Crippen LogP contribution in [0.2, 0.25) is 5.15 Å². The molecule has 1 fully saturated rings. The van der Waals surface area contributed by atoms with E-state index in [9.17, 15) is 4.79 Å². The van der Waals surface area contributed by atoms with Crippen molar-refractivity contribution in [3.05, 3.63) is 23.2 Å². The van der Waals surface area contributed by atoms with Crippen molar-refractivity contribution in [3.63, 3.8) is 0 Å². The van der Waals surface area contributed by atoms with Gasteiger partial charge in [0.2, 0.25) is 0 Å². The zero-order valence-corrected chi connectivity index (χ0v) is 9.61. The number of nitrogens with zero attached hydrogens (tertiary/aromatic N) is 2. The second kappa shape index (κ2) is 5.25. The van der Waals surface area contributed by atoms with Gasteiger partial charge in [-0.3, -0.25) is 0 Å². The molecule has 0 N–H and O–H groups in total. The first-order valence-electron chi connectivity index (χ1n) is 5.40. The monoisotopic (exact) mass is 240 g/mol. The molecule has 0 unspecified atom stereocenters. The zero-order chi connectivity index (χ0) is 11.4. The maximum atomic E-state index is 11.5. The molecule has 0 saturated heterocycles. The van der Waals surface area contributed by atoms with E-state index < -0.39 is 5.97 Å². The molecular weight excluding hydrogens is 228 g/mol. The maximum absolute atomic E-state index is 11.5. The number of halogens is 1. The molecule has 4 nitrogen and oxygen atoms in total. The zero-order valence-electron chi connectivity index (χ0n) is 8.86. The Hall–Kier alpha value is -1.16. The van der Waals surface area contributed by atoms with Crippen LogP contribution < -0.4 is 0 Å². The van der Waals surface area contributed by atoms with Crippen molar-refractivity contribution >= 4 is 17.6 Å². The summed E-state index contributed by atoms with van der Waals surface area (Å²) in [5.41, 5.74) is 0.206.